The Morgan fingerprint density at radius 2 is 1.79 bits per heavy atom. The molecule has 3 aromatic heterocycles. The number of hydrogen-bond donors (Lipinski definition) is 2. The lowest BCUT2D eigenvalue weighted by molar-refractivity contribution is 0.574. The minimum absolute atomic E-state index is 0.305. The second-order valence-corrected chi connectivity index (χ2v) is 8.10. The van der Waals surface area contributed by atoms with Crippen LogP contribution in [0.1, 0.15) is 37.3 Å². The van der Waals surface area contributed by atoms with Gasteiger partial charge in [0.25, 0.3) is 0 Å². The molecular weight excluding hydrogens is 412 g/mol. The fraction of sp³-hybridized carbons (Fsp3) is 0.320. The van der Waals surface area contributed by atoms with Gasteiger partial charge >= 0.3 is 0 Å². The lowest BCUT2D eigenvalue weighted by atomic mass is 10.1. The third kappa shape index (κ3) is 5.00. The minimum atomic E-state index is 0.305. The van der Waals surface area contributed by atoms with Gasteiger partial charge in [0, 0.05) is 43.8 Å². The van der Waals surface area contributed by atoms with Crippen molar-refractivity contribution < 1.29 is 0 Å². The van der Waals surface area contributed by atoms with Crippen molar-refractivity contribution in [3.05, 3.63) is 59.9 Å². The van der Waals surface area contributed by atoms with Crippen molar-refractivity contribution in [2.24, 2.45) is 0 Å². The number of benzene rings is 1. The minimum Gasteiger partial charge on any atom is -0.368 e. The first-order valence-corrected chi connectivity index (χ1v) is 11.4. The van der Waals surface area contributed by atoms with Crippen LogP contribution in [0.3, 0.4) is 0 Å². The summed E-state index contributed by atoms with van der Waals surface area (Å²) in [5, 5.41) is 6.92. The van der Waals surface area contributed by atoms with Crippen LogP contribution in [0.15, 0.2) is 48.8 Å². The summed E-state index contributed by atoms with van der Waals surface area (Å²) in [5.41, 5.74) is 10.8. The third-order valence-corrected chi connectivity index (χ3v) is 5.71. The highest BCUT2D eigenvalue weighted by molar-refractivity contribution is 5.88. The van der Waals surface area contributed by atoms with E-state index >= 15 is 0 Å². The average Bonchev–Trinajstić information content (AvgIpc) is 3.23. The molecular formula is C25H30N8. The smallest absolute Gasteiger partial charge is 0.224 e. The van der Waals surface area contributed by atoms with Crippen molar-refractivity contribution in [1.29, 1.82) is 5.41 Å². The van der Waals surface area contributed by atoms with E-state index in [1.54, 1.807) is 12.4 Å². The maximum Gasteiger partial charge on any atom is 0.224 e. The number of nitrogens with zero attached hydrogens (tertiary/aromatic N) is 6. The summed E-state index contributed by atoms with van der Waals surface area (Å²) in [7, 11) is 0. The Bertz CT molecular complexity index is 1230. The summed E-state index contributed by atoms with van der Waals surface area (Å²) >= 11 is 0. The highest BCUT2D eigenvalue weighted by Crippen LogP contribution is 2.30. The van der Waals surface area contributed by atoms with Gasteiger partial charge in [-0.05, 0) is 50.8 Å². The predicted molar refractivity (Wildman–Crippen MR) is 134 cm³/mol. The molecule has 0 bridgehead atoms. The molecule has 1 saturated heterocycles. The number of nitrogens with two attached hydrogens (primary N) is 1. The Morgan fingerprint density at radius 3 is 2.42 bits per heavy atom. The van der Waals surface area contributed by atoms with Crippen molar-refractivity contribution in [3.63, 3.8) is 0 Å². The molecule has 0 unspecified atom stereocenters. The number of hydrogen-bond acceptors (Lipinski definition) is 7. The molecule has 1 fully saturated rings. The highest BCUT2D eigenvalue weighted by atomic mass is 15.3. The van der Waals surface area contributed by atoms with E-state index in [2.05, 4.69) is 31.3 Å². The van der Waals surface area contributed by atoms with Gasteiger partial charge in [-0.3, -0.25) is 4.98 Å². The van der Waals surface area contributed by atoms with Crippen LogP contribution in [-0.2, 0) is 6.54 Å². The number of rotatable bonds is 4. The molecule has 0 amide bonds. The van der Waals surface area contributed by atoms with Gasteiger partial charge in [-0.2, -0.15) is 9.97 Å². The van der Waals surface area contributed by atoms with Crippen molar-refractivity contribution in [2.45, 2.75) is 39.7 Å². The van der Waals surface area contributed by atoms with Crippen LogP contribution < -0.4 is 10.6 Å². The zero-order chi connectivity index (χ0) is 23.2. The van der Waals surface area contributed by atoms with Crippen LogP contribution >= 0.6 is 0 Å². The van der Waals surface area contributed by atoms with Gasteiger partial charge in [-0.15, -0.1) is 0 Å². The molecule has 8 nitrogen and oxygen atoms in total. The number of nitrogens with one attached hydrogen (secondary N) is 1. The van der Waals surface area contributed by atoms with Crippen LogP contribution in [0.25, 0.3) is 22.6 Å². The maximum atomic E-state index is 6.92. The van der Waals surface area contributed by atoms with Gasteiger partial charge in [0.15, 0.2) is 17.0 Å². The van der Waals surface area contributed by atoms with E-state index in [1.807, 2.05) is 43.3 Å². The number of nitrogen functional groups attached to an aromatic ring is 1. The molecule has 170 valence electrons. The number of aromatic nitrogens is 5. The number of imidazole rings is 1. The molecule has 0 atom stereocenters. The molecule has 1 aromatic carbocycles. The van der Waals surface area contributed by atoms with Crippen molar-refractivity contribution in [3.8, 4) is 11.4 Å². The Hall–Kier alpha value is -3.81. The average molecular weight is 443 g/mol. The van der Waals surface area contributed by atoms with Gasteiger partial charge in [0.2, 0.25) is 5.95 Å². The zero-order valence-electron chi connectivity index (χ0n) is 19.2. The van der Waals surface area contributed by atoms with Crippen molar-refractivity contribution in [1.82, 2.24) is 24.5 Å². The Kier molecular flexibility index (Phi) is 6.92. The molecule has 0 aliphatic carbocycles. The molecule has 1 aliphatic heterocycles. The largest absolute Gasteiger partial charge is 0.368 e. The number of piperidine rings is 1. The lowest BCUT2D eigenvalue weighted by Crippen LogP contribution is -2.30. The molecule has 4 heterocycles. The summed E-state index contributed by atoms with van der Waals surface area (Å²) < 4.78 is 2.09. The Labute approximate surface area is 194 Å². The molecule has 5 rings (SSSR count). The van der Waals surface area contributed by atoms with Crippen molar-refractivity contribution >= 4 is 29.1 Å². The molecule has 33 heavy (non-hydrogen) atoms. The predicted octanol–water partition coefficient (Wildman–Crippen LogP) is 4.47. The van der Waals surface area contributed by atoms with Gasteiger partial charge in [-0.25, -0.2) is 4.98 Å². The second-order valence-electron chi connectivity index (χ2n) is 8.10. The van der Waals surface area contributed by atoms with Crippen LogP contribution in [0, 0.1) is 12.3 Å². The third-order valence-electron chi connectivity index (χ3n) is 5.71. The van der Waals surface area contributed by atoms with Crippen LogP contribution in [0.2, 0.25) is 0 Å². The van der Waals surface area contributed by atoms with Crippen LogP contribution in [-0.4, -0.2) is 43.8 Å². The monoisotopic (exact) mass is 442 g/mol. The summed E-state index contributed by atoms with van der Waals surface area (Å²) in [6.45, 7) is 6.87. The first-order valence-electron chi connectivity index (χ1n) is 11.4. The summed E-state index contributed by atoms with van der Waals surface area (Å²) in [6.07, 6.45) is 8.54. The molecule has 1 aliphatic rings. The van der Waals surface area contributed by atoms with Crippen molar-refractivity contribution in [2.75, 3.05) is 23.7 Å². The first-order chi connectivity index (χ1) is 16.1. The quantitative estimate of drug-likeness (QED) is 0.451. The Morgan fingerprint density at radius 1 is 1.03 bits per heavy atom. The van der Waals surface area contributed by atoms with E-state index in [0.717, 1.165) is 53.6 Å². The van der Waals surface area contributed by atoms with E-state index in [4.69, 9.17) is 16.1 Å². The number of aryl methyl sites for hydroxylation is 2. The summed E-state index contributed by atoms with van der Waals surface area (Å²) in [5.74, 6) is 2.05. The second kappa shape index (κ2) is 10.2. The lowest BCUT2D eigenvalue weighted by Gasteiger charge is -2.27. The molecule has 3 N–H and O–H groups in total. The van der Waals surface area contributed by atoms with Gasteiger partial charge in [0.1, 0.15) is 5.82 Å². The van der Waals surface area contributed by atoms with E-state index in [1.165, 1.54) is 31.0 Å². The summed E-state index contributed by atoms with van der Waals surface area (Å²) in [4.78, 5) is 20.2. The fourth-order valence-electron chi connectivity index (χ4n) is 4.11. The first kappa shape index (κ1) is 22.4. The van der Waals surface area contributed by atoms with E-state index < -0.39 is 0 Å². The number of fused-ring (bicyclic) bond motifs is 1. The molecule has 4 aromatic rings. The topological polar surface area (TPSA) is 110 Å². The SMILES string of the molecule is CCn1c(-c2ccncc2)nc2c(N3CCCCC3)nc(N)nc21.Cc1cccc(C=N)c1. The van der Waals surface area contributed by atoms with E-state index in [9.17, 15) is 0 Å². The van der Waals surface area contributed by atoms with Gasteiger partial charge < -0.3 is 20.6 Å². The summed E-state index contributed by atoms with van der Waals surface area (Å²) in [6, 6.07) is 11.8. The molecule has 0 saturated carbocycles. The van der Waals surface area contributed by atoms with Crippen LogP contribution in [0.5, 0.6) is 0 Å². The zero-order valence-corrected chi connectivity index (χ0v) is 19.2. The normalized spacial score (nSPS) is 13.5. The van der Waals surface area contributed by atoms with E-state index in [-0.39, 0.29) is 0 Å². The maximum absolute atomic E-state index is 6.92. The Balaban J connectivity index is 0.000000243. The number of anilines is 2. The standard InChI is InChI=1S/C17H21N7.C8H9N/c1-2-24-14(12-6-8-19-9-7-12)20-13-15(21-17(18)22-16(13)24)23-10-4-3-5-11-23;1-7-3-2-4-8(5-7)6-9/h6-9H,2-5,10-11H2,1H3,(H2,18,21,22);2-6,9H,1H3. The fourth-order valence-corrected chi connectivity index (χ4v) is 4.11. The molecule has 8 heteroatoms. The van der Waals surface area contributed by atoms with Gasteiger partial charge in [-0.1, -0.05) is 29.8 Å². The number of pyridine rings is 1. The molecule has 0 radical (unpaired) electrons. The molecule has 0 spiro atoms. The van der Waals surface area contributed by atoms with Crippen LogP contribution in [0.4, 0.5) is 11.8 Å². The van der Waals surface area contributed by atoms with E-state index in [0.29, 0.717) is 5.95 Å². The van der Waals surface area contributed by atoms with Gasteiger partial charge in [0.05, 0.1) is 0 Å². The highest BCUT2D eigenvalue weighted by Gasteiger charge is 2.22.